The third-order valence-corrected chi connectivity index (χ3v) is 7.51. The zero-order valence-corrected chi connectivity index (χ0v) is 22.0. The van der Waals surface area contributed by atoms with E-state index in [-0.39, 0.29) is 12.6 Å². The number of piperidine rings is 1. The van der Waals surface area contributed by atoms with Crippen molar-refractivity contribution in [2.24, 2.45) is 0 Å². The number of anilines is 1. The molecule has 2 N–H and O–H groups in total. The summed E-state index contributed by atoms with van der Waals surface area (Å²) in [6.07, 6.45) is 1.11. The SMILES string of the molecule is N#Cc1cc(-c2ncnc3[nH]c(-c4ccc(N5CCN(CC(F)F)CC5)cc4)nc23)ccc1OC1CCNCC1. The topological polar surface area (TPSA) is 106 Å². The monoisotopic (exact) mass is 544 g/mol. The molecule has 2 saturated heterocycles. The molecule has 9 nitrogen and oxygen atoms in total. The lowest BCUT2D eigenvalue weighted by Crippen LogP contribution is -2.47. The first-order valence-electron chi connectivity index (χ1n) is 13.6. The highest BCUT2D eigenvalue weighted by Crippen LogP contribution is 2.31. The lowest BCUT2D eigenvalue weighted by atomic mass is 10.1. The Labute approximate surface area is 230 Å². The van der Waals surface area contributed by atoms with Gasteiger partial charge >= 0.3 is 0 Å². The van der Waals surface area contributed by atoms with E-state index in [0.29, 0.717) is 60.2 Å². The highest BCUT2D eigenvalue weighted by Gasteiger charge is 2.21. The fraction of sp³-hybridized carbons (Fsp3) is 0.379. The number of H-pyrrole nitrogens is 1. The molecule has 0 aliphatic carbocycles. The van der Waals surface area contributed by atoms with E-state index in [1.807, 2.05) is 36.4 Å². The second-order valence-corrected chi connectivity index (χ2v) is 10.1. The number of benzene rings is 2. The van der Waals surface area contributed by atoms with Gasteiger partial charge in [-0.05, 0) is 68.4 Å². The first-order valence-corrected chi connectivity index (χ1v) is 13.6. The van der Waals surface area contributed by atoms with Crippen molar-refractivity contribution in [1.82, 2.24) is 30.2 Å². The van der Waals surface area contributed by atoms with E-state index in [9.17, 15) is 14.0 Å². The van der Waals surface area contributed by atoms with Gasteiger partial charge in [-0.1, -0.05) is 0 Å². The maximum atomic E-state index is 12.7. The van der Waals surface area contributed by atoms with E-state index in [2.05, 4.69) is 31.2 Å². The summed E-state index contributed by atoms with van der Waals surface area (Å²) in [6, 6.07) is 15.8. The van der Waals surface area contributed by atoms with Gasteiger partial charge in [-0.25, -0.2) is 23.7 Å². The summed E-state index contributed by atoms with van der Waals surface area (Å²) in [5.74, 6) is 1.25. The molecule has 0 atom stereocenters. The second kappa shape index (κ2) is 11.5. The second-order valence-electron chi connectivity index (χ2n) is 10.1. The van der Waals surface area contributed by atoms with E-state index in [4.69, 9.17) is 9.72 Å². The Morgan fingerprint density at radius 2 is 1.75 bits per heavy atom. The van der Waals surface area contributed by atoms with Crippen LogP contribution in [0.2, 0.25) is 0 Å². The number of nitriles is 1. The maximum absolute atomic E-state index is 12.7. The minimum Gasteiger partial charge on any atom is -0.489 e. The Balaban J connectivity index is 1.21. The molecule has 11 heteroatoms. The molecule has 4 heterocycles. The molecule has 2 aliphatic rings. The van der Waals surface area contributed by atoms with Crippen molar-refractivity contribution in [3.8, 4) is 34.5 Å². The molecule has 6 rings (SSSR count). The Morgan fingerprint density at radius 1 is 1.00 bits per heavy atom. The average Bonchev–Trinajstić information content (AvgIpc) is 3.43. The van der Waals surface area contributed by atoms with Gasteiger partial charge < -0.3 is 19.9 Å². The van der Waals surface area contributed by atoms with Crippen LogP contribution in [0.1, 0.15) is 18.4 Å². The molecule has 2 aliphatic heterocycles. The molecule has 0 amide bonds. The number of nitrogens with one attached hydrogen (secondary N) is 2. The minimum atomic E-state index is -2.30. The van der Waals surface area contributed by atoms with Crippen LogP contribution in [-0.2, 0) is 0 Å². The third-order valence-electron chi connectivity index (χ3n) is 7.51. The van der Waals surface area contributed by atoms with E-state index < -0.39 is 6.43 Å². The number of alkyl halides is 2. The fourth-order valence-electron chi connectivity index (χ4n) is 5.35. The van der Waals surface area contributed by atoms with Crippen LogP contribution in [-0.4, -0.2) is 83.2 Å². The summed E-state index contributed by atoms with van der Waals surface area (Å²) in [5.41, 5.74) is 5.03. The van der Waals surface area contributed by atoms with E-state index >= 15 is 0 Å². The van der Waals surface area contributed by atoms with Crippen LogP contribution >= 0.6 is 0 Å². The number of halogens is 2. The summed E-state index contributed by atoms with van der Waals surface area (Å²) >= 11 is 0. The standard InChI is InChI=1S/C29H30F2N8O/c30-25(31)17-38-11-13-39(14-12-38)22-4-1-19(2-5-22)28-36-27-26(34-18-35-29(27)37-28)20-3-6-24(21(15-20)16-32)40-23-7-9-33-10-8-23/h1-6,15,18,23,25,33H,7-14,17H2,(H,34,35,36,37). The quantitative estimate of drug-likeness (QED) is 0.359. The number of piperazine rings is 1. The van der Waals surface area contributed by atoms with Crippen molar-refractivity contribution in [3.05, 3.63) is 54.4 Å². The van der Waals surface area contributed by atoms with Crippen molar-refractivity contribution >= 4 is 16.9 Å². The lowest BCUT2D eigenvalue weighted by molar-refractivity contribution is 0.0854. The zero-order chi connectivity index (χ0) is 27.5. The molecule has 2 aromatic heterocycles. The minimum absolute atomic E-state index is 0.0975. The number of aromatic amines is 1. The maximum Gasteiger partial charge on any atom is 0.251 e. The highest BCUT2D eigenvalue weighted by molar-refractivity contribution is 5.89. The fourth-order valence-corrected chi connectivity index (χ4v) is 5.35. The lowest BCUT2D eigenvalue weighted by Gasteiger charge is -2.35. The smallest absolute Gasteiger partial charge is 0.251 e. The number of hydrogen-bond donors (Lipinski definition) is 2. The normalized spacial score (nSPS) is 16.9. The van der Waals surface area contributed by atoms with Crippen LogP contribution in [0, 0.1) is 11.3 Å². The molecule has 0 unspecified atom stereocenters. The summed E-state index contributed by atoms with van der Waals surface area (Å²) in [7, 11) is 0. The van der Waals surface area contributed by atoms with E-state index in [1.165, 1.54) is 6.33 Å². The molecule has 0 bridgehead atoms. The number of ether oxygens (including phenoxy) is 1. The highest BCUT2D eigenvalue weighted by atomic mass is 19.3. The van der Waals surface area contributed by atoms with E-state index in [1.54, 1.807) is 11.0 Å². The predicted molar refractivity (Wildman–Crippen MR) is 148 cm³/mol. The predicted octanol–water partition coefficient (Wildman–Crippen LogP) is 4.08. The van der Waals surface area contributed by atoms with E-state index in [0.717, 1.165) is 42.7 Å². The number of imidazole rings is 1. The van der Waals surface area contributed by atoms with Gasteiger partial charge in [0.25, 0.3) is 6.43 Å². The Hall–Kier alpha value is -4.14. The van der Waals surface area contributed by atoms with Gasteiger partial charge in [0, 0.05) is 43.0 Å². The molecule has 4 aromatic rings. The van der Waals surface area contributed by atoms with Gasteiger partial charge in [-0.2, -0.15) is 5.26 Å². The summed E-state index contributed by atoms with van der Waals surface area (Å²) in [5, 5.41) is 13.1. The number of rotatable bonds is 7. The summed E-state index contributed by atoms with van der Waals surface area (Å²) in [6.45, 7) is 4.32. The number of fused-ring (bicyclic) bond motifs is 1. The zero-order valence-electron chi connectivity index (χ0n) is 22.0. The van der Waals surface area contributed by atoms with Gasteiger partial charge in [-0.15, -0.1) is 0 Å². The molecule has 0 radical (unpaired) electrons. The van der Waals surface area contributed by atoms with Gasteiger partial charge in [0.15, 0.2) is 5.65 Å². The van der Waals surface area contributed by atoms with Gasteiger partial charge in [0.2, 0.25) is 0 Å². The van der Waals surface area contributed by atoms with Gasteiger partial charge in [0.1, 0.15) is 41.3 Å². The molecule has 0 spiro atoms. The molecule has 40 heavy (non-hydrogen) atoms. The van der Waals surface area contributed by atoms with Gasteiger partial charge in [0.05, 0.1) is 12.1 Å². The Morgan fingerprint density at radius 3 is 2.48 bits per heavy atom. The van der Waals surface area contributed by atoms with Crippen LogP contribution in [0.4, 0.5) is 14.5 Å². The number of aromatic nitrogens is 4. The molecule has 0 saturated carbocycles. The van der Waals surface area contributed by atoms with Crippen molar-refractivity contribution in [3.63, 3.8) is 0 Å². The number of hydrogen-bond acceptors (Lipinski definition) is 8. The molecule has 2 fully saturated rings. The van der Waals surface area contributed by atoms with Crippen LogP contribution in [0.15, 0.2) is 48.8 Å². The van der Waals surface area contributed by atoms with Crippen molar-refractivity contribution in [1.29, 1.82) is 5.26 Å². The Kier molecular flexibility index (Phi) is 7.53. The van der Waals surface area contributed by atoms with Crippen LogP contribution in [0.5, 0.6) is 5.75 Å². The largest absolute Gasteiger partial charge is 0.489 e. The van der Waals surface area contributed by atoms with Crippen molar-refractivity contribution in [2.45, 2.75) is 25.4 Å². The third kappa shape index (κ3) is 5.59. The van der Waals surface area contributed by atoms with Crippen LogP contribution in [0.3, 0.4) is 0 Å². The molecule has 206 valence electrons. The molecular weight excluding hydrogens is 514 g/mol. The van der Waals surface area contributed by atoms with Crippen LogP contribution < -0.4 is 15.0 Å². The molecule has 2 aromatic carbocycles. The summed E-state index contributed by atoms with van der Waals surface area (Å²) in [4.78, 5) is 21.0. The number of nitrogens with zero attached hydrogens (tertiary/aromatic N) is 6. The van der Waals surface area contributed by atoms with Crippen molar-refractivity contribution in [2.75, 3.05) is 50.7 Å². The summed E-state index contributed by atoms with van der Waals surface area (Å²) < 4.78 is 31.5. The Bertz CT molecular complexity index is 1500. The van der Waals surface area contributed by atoms with Crippen LogP contribution in [0.25, 0.3) is 33.8 Å². The first-order chi connectivity index (χ1) is 19.6. The molecular formula is C29H30F2N8O. The first kappa shape index (κ1) is 26.1. The average molecular weight is 545 g/mol. The van der Waals surface area contributed by atoms with Crippen molar-refractivity contribution < 1.29 is 13.5 Å². The van der Waals surface area contributed by atoms with Gasteiger partial charge in [-0.3, -0.25) is 4.90 Å².